The second-order valence-electron chi connectivity index (χ2n) is 6.00. The molecule has 1 amide bonds. The van der Waals surface area contributed by atoms with Gasteiger partial charge >= 0.3 is 0 Å². The van der Waals surface area contributed by atoms with E-state index in [0.29, 0.717) is 12.3 Å². The predicted molar refractivity (Wildman–Crippen MR) is 83.6 cm³/mol. The molecule has 2 rings (SSSR count). The highest BCUT2D eigenvalue weighted by atomic mass is 16.1. The lowest BCUT2D eigenvalue weighted by molar-refractivity contribution is -0.121. The third kappa shape index (κ3) is 4.60. The Morgan fingerprint density at radius 3 is 2.71 bits per heavy atom. The number of benzene rings is 1. The number of nitrogens with one attached hydrogen (secondary N) is 1. The van der Waals surface area contributed by atoms with Gasteiger partial charge in [0.1, 0.15) is 6.04 Å². The highest BCUT2D eigenvalue weighted by Crippen LogP contribution is 2.26. The van der Waals surface area contributed by atoms with Crippen LogP contribution >= 0.6 is 0 Å². The monoisotopic (exact) mass is 284 g/mol. The van der Waals surface area contributed by atoms with Gasteiger partial charge in [0.25, 0.3) is 0 Å². The first-order valence-corrected chi connectivity index (χ1v) is 7.94. The lowest BCUT2D eigenvalue weighted by Crippen LogP contribution is -2.40. The number of carbonyl (C=O) groups is 1. The Labute approximate surface area is 127 Å². The van der Waals surface area contributed by atoms with Gasteiger partial charge in [0.15, 0.2) is 0 Å². The Hall–Kier alpha value is -1.82. The zero-order valence-corrected chi connectivity index (χ0v) is 12.8. The van der Waals surface area contributed by atoms with Crippen molar-refractivity contribution in [3.05, 3.63) is 35.4 Å². The van der Waals surface area contributed by atoms with Gasteiger partial charge in [0.2, 0.25) is 5.91 Å². The van der Waals surface area contributed by atoms with E-state index in [0.717, 1.165) is 19.3 Å². The minimum Gasteiger partial charge on any atom is -0.340 e. The molecule has 1 N–H and O–H groups in total. The molecule has 0 aliphatic heterocycles. The molecular weight excluding hydrogens is 260 g/mol. The number of rotatable bonds is 5. The number of carbonyl (C=O) groups excluding carboxylic acids is 1. The van der Waals surface area contributed by atoms with Crippen molar-refractivity contribution >= 4 is 5.91 Å². The lowest BCUT2D eigenvalue weighted by atomic mass is 9.84. The van der Waals surface area contributed by atoms with Crippen molar-refractivity contribution in [2.24, 2.45) is 5.92 Å². The van der Waals surface area contributed by atoms with E-state index in [4.69, 9.17) is 0 Å². The summed E-state index contributed by atoms with van der Waals surface area (Å²) < 4.78 is 0. The second-order valence-corrected chi connectivity index (χ2v) is 6.00. The van der Waals surface area contributed by atoms with Crippen molar-refractivity contribution in [3.8, 4) is 6.07 Å². The standard InChI is InChI=1S/C18H24N2O/c1-14-7-5-6-8-15(14)11-12-18(21)20-17(13-19)16-9-3-2-4-10-16/h5-8,16-17H,2-4,9-12H2,1H3,(H,20,21). The SMILES string of the molecule is Cc1ccccc1CCC(=O)NC(C#N)C1CCCCC1. The van der Waals surface area contributed by atoms with Crippen LogP contribution in [0.15, 0.2) is 24.3 Å². The Kier molecular flexibility index (Phi) is 5.80. The van der Waals surface area contributed by atoms with E-state index in [9.17, 15) is 10.1 Å². The van der Waals surface area contributed by atoms with Gasteiger partial charge in [-0.15, -0.1) is 0 Å². The third-order valence-corrected chi connectivity index (χ3v) is 4.46. The van der Waals surface area contributed by atoms with Gasteiger partial charge in [-0.05, 0) is 43.2 Å². The largest absolute Gasteiger partial charge is 0.340 e. The molecule has 0 aromatic heterocycles. The maximum Gasteiger partial charge on any atom is 0.221 e. The van der Waals surface area contributed by atoms with E-state index < -0.39 is 0 Å². The van der Waals surface area contributed by atoms with Crippen LogP contribution < -0.4 is 5.32 Å². The first kappa shape index (κ1) is 15.6. The number of aryl methyl sites for hydroxylation is 2. The van der Waals surface area contributed by atoms with E-state index in [2.05, 4.69) is 30.4 Å². The Bertz CT molecular complexity index is 512. The first-order valence-electron chi connectivity index (χ1n) is 7.94. The molecule has 0 heterocycles. The highest BCUT2D eigenvalue weighted by molar-refractivity contribution is 5.77. The minimum atomic E-state index is -0.310. The summed E-state index contributed by atoms with van der Waals surface area (Å²) in [7, 11) is 0. The summed E-state index contributed by atoms with van der Waals surface area (Å²) in [5.41, 5.74) is 2.42. The fraction of sp³-hybridized carbons (Fsp3) is 0.556. The van der Waals surface area contributed by atoms with Crippen LogP contribution in [0.2, 0.25) is 0 Å². The molecule has 3 heteroatoms. The molecule has 112 valence electrons. The molecule has 21 heavy (non-hydrogen) atoms. The van der Waals surface area contributed by atoms with Crippen LogP contribution in [0, 0.1) is 24.2 Å². The molecule has 0 spiro atoms. The maximum absolute atomic E-state index is 12.1. The molecule has 0 bridgehead atoms. The van der Waals surface area contributed by atoms with Gasteiger partial charge in [-0.1, -0.05) is 43.5 Å². The van der Waals surface area contributed by atoms with Crippen LogP contribution in [0.1, 0.15) is 49.7 Å². The van der Waals surface area contributed by atoms with E-state index in [1.165, 1.54) is 30.4 Å². The molecule has 3 nitrogen and oxygen atoms in total. The van der Waals surface area contributed by atoms with E-state index in [-0.39, 0.29) is 11.9 Å². The summed E-state index contributed by atoms with van der Waals surface area (Å²) >= 11 is 0. The smallest absolute Gasteiger partial charge is 0.221 e. The summed E-state index contributed by atoms with van der Waals surface area (Å²) in [6, 6.07) is 10.1. The number of hydrogen-bond acceptors (Lipinski definition) is 2. The topological polar surface area (TPSA) is 52.9 Å². The molecule has 0 radical (unpaired) electrons. The average Bonchev–Trinajstić information content (AvgIpc) is 2.52. The van der Waals surface area contributed by atoms with Gasteiger partial charge in [-0.2, -0.15) is 5.26 Å². The molecule has 1 saturated carbocycles. The third-order valence-electron chi connectivity index (χ3n) is 4.46. The number of nitrogens with zero attached hydrogens (tertiary/aromatic N) is 1. The highest BCUT2D eigenvalue weighted by Gasteiger charge is 2.24. The van der Waals surface area contributed by atoms with Crippen molar-refractivity contribution in [2.45, 2.75) is 57.9 Å². The summed E-state index contributed by atoms with van der Waals surface area (Å²) in [6.45, 7) is 2.06. The van der Waals surface area contributed by atoms with Crippen molar-refractivity contribution < 1.29 is 4.79 Å². The molecule has 1 aliphatic carbocycles. The zero-order valence-electron chi connectivity index (χ0n) is 12.8. The number of hydrogen-bond donors (Lipinski definition) is 1. The Balaban J connectivity index is 1.83. The zero-order chi connectivity index (χ0) is 15.1. The van der Waals surface area contributed by atoms with E-state index in [1.807, 2.05) is 12.1 Å². The summed E-state index contributed by atoms with van der Waals surface area (Å²) in [6.07, 6.45) is 6.95. The van der Waals surface area contributed by atoms with Crippen LogP contribution in [-0.4, -0.2) is 11.9 Å². The van der Waals surface area contributed by atoms with Crippen LogP contribution in [0.3, 0.4) is 0 Å². The number of amides is 1. The molecule has 1 aromatic rings. The summed E-state index contributed by atoms with van der Waals surface area (Å²) in [5.74, 6) is 0.335. The van der Waals surface area contributed by atoms with Crippen molar-refractivity contribution in [3.63, 3.8) is 0 Å². The lowest BCUT2D eigenvalue weighted by Gasteiger charge is -2.26. The van der Waals surface area contributed by atoms with Gasteiger partial charge in [-0.3, -0.25) is 4.79 Å². The summed E-state index contributed by atoms with van der Waals surface area (Å²) in [5, 5.41) is 12.2. The van der Waals surface area contributed by atoms with Crippen LogP contribution in [-0.2, 0) is 11.2 Å². The van der Waals surface area contributed by atoms with Crippen LogP contribution in [0.4, 0.5) is 0 Å². The van der Waals surface area contributed by atoms with Gasteiger partial charge in [0, 0.05) is 6.42 Å². The van der Waals surface area contributed by atoms with Crippen molar-refractivity contribution in [1.29, 1.82) is 5.26 Å². The molecule has 1 atom stereocenters. The van der Waals surface area contributed by atoms with Gasteiger partial charge in [0.05, 0.1) is 6.07 Å². The number of nitriles is 1. The molecule has 1 aromatic carbocycles. The molecule has 1 fully saturated rings. The quantitative estimate of drug-likeness (QED) is 0.899. The minimum absolute atomic E-state index is 0.00428. The molecule has 1 unspecified atom stereocenters. The van der Waals surface area contributed by atoms with Crippen LogP contribution in [0.25, 0.3) is 0 Å². The fourth-order valence-corrected chi connectivity index (χ4v) is 3.11. The van der Waals surface area contributed by atoms with Gasteiger partial charge < -0.3 is 5.32 Å². The molecule has 0 saturated heterocycles. The van der Waals surface area contributed by atoms with Crippen molar-refractivity contribution in [2.75, 3.05) is 0 Å². The predicted octanol–water partition coefficient (Wildman–Crippen LogP) is 3.52. The van der Waals surface area contributed by atoms with Crippen LogP contribution in [0.5, 0.6) is 0 Å². The fourth-order valence-electron chi connectivity index (χ4n) is 3.11. The Morgan fingerprint density at radius 2 is 2.05 bits per heavy atom. The Morgan fingerprint density at radius 1 is 1.33 bits per heavy atom. The van der Waals surface area contributed by atoms with E-state index >= 15 is 0 Å². The summed E-state index contributed by atoms with van der Waals surface area (Å²) in [4.78, 5) is 12.1. The second kappa shape index (κ2) is 7.83. The first-order chi connectivity index (χ1) is 10.2. The van der Waals surface area contributed by atoms with Crippen molar-refractivity contribution in [1.82, 2.24) is 5.32 Å². The maximum atomic E-state index is 12.1. The molecular formula is C18H24N2O. The van der Waals surface area contributed by atoms with E-state index in [1.54, 1.807) is 0 Å². The average molecular weight is 284 g/mol. The normalized spacial score (nSPS) is 17.0. The molecule has 1 aliphatic rings. The van der Waals surface area contributed by atoms with Gasteiger partial charge in [-0.25, -0.2) is 0 Å².